The van der Waals surface area contributed by atoms with Crippen molar-refractivity contribution in [2.45, 2.75) is 50.2 Å². The zero-order valence-electron chi connectivity index (χ0n) is 18.0. The van der Waals surface area contributed by atoms with Crippen molar-refractivity contribution in [2.24, 2.45) is 5.92 Å². The topological polar surface area (TPSA) is 79.4 Å². The molecule has 2 bridgehead atoms. The van der Waals surface area contributed by atoms with Crippen LogP contribution >= 0.6 is 0 Å². The molecule has 0 aromatic rings. The van der Waals surface area contributed by atoms with Crippen LogP contribution in [0.3, 0.4) is 0 Å². The fraction of sp³-hybridized carbons (Fsp3) is 0.857. The van der Waals surface area contributed by atoms with Crippen LogP contribution < -0.4 is 0 Å². The van der Waals surface area contributed by atoms with Gasteiger partial charge in [-0.2, -0.15) is 0 Å². The maximum atomic E-state index is 12.7. The van der Waals surface area contributed by atoms with E-state index in [1.807, 2.05) is 23.9 Å². The van der Waals surface area contributed by atoms with Gasteiger partial charge in [-0.05, 0) is 59.8 Å². The maximum Gasteiger partial charge on any atom is 0.318 e. The molecule has 0 N–H and O–H groups in total. The monoisotopic (exact) mass is 409 g/mol. The zero-order chi connectivity index (χ0) is 21.0. The van der Waals surface area contributed by atoms with Gasteiger partial charge in [-0.3, -0.25) is 19.3 Å². The number of hydrogen-bond donors (Lipinski definition) is 0. The van der Waals surface area contributed by atoms with Crippen LogP contribution in [-0.2, 0) is 23.9 Å². The number of carbonyl (C=O) groups excluding carboxylic acids is 3. The van der Waals surface area contributed by atoms with E-state index in [4.69, 9.17) is 9.47 Å². The Morgan fingerprint density at radius 2 is 1.90 bits per heavy atom. The second-order valence-corrected chi connectivity index (χ2v) is 9.03. The predicted octanol–water partition coefficient (Wildman–Crippen LogP) is 0.542. The van der Waals surface area contributed by atoms with E-state index in [0.717, 1.165) is 32.2 Å². The summed E-state index contributed by atoms with van der Waals surface area (Å²) in [5, 5.41) is 0. The van der Waals surface area contributed by atoms with Crippen molar-refractivity contribution in [3.05, 3.63) is 0 Å². The predicted molar refractivity (Wildman–Crippen MR) is 107 cm³/mol. The summed E-state index contributed by atoms with van der Waals surface area (Å²) >= 11 is 0. The maximum absolute atomic E-state index is 12.7. The highest BCUT2D eigenvalue weighted by Crippen LogP contribution is 2.31. The highest BCUT2D eigenvalue weighted by Gasteiger charge is 2.42. The molecule has 3 aliphatic heterocycles. The number of amides is 1. The van der Waals surface area contributed by atoms with E-state index in [1.165, 1.54) is 0 Å². The summed E-state index contributed by atoms with van der Waals surface area (Å²) in [5.74, 6) is -1.20. The van der Waals surface area contributed by atoms with Gasteiger partial charge in [-0.25, -0.2) is 0 Å². The Balaban J connectivity index is 1.70. The Labute approximate surface area is 173 Å². The van der Waals surface area contributed by atoms with E-state index in [1.54, 1.807) is 0 Å². The molecule has 1 amide bonds. The number of ether oxygens (including phenoxy) is 2. The van der Waals surface area contributed by atoms with Gasteiger partial charge in [-0.15, -0.1) is 0 Å². The van der Waals surface area contributed by atoms with Crippen molar-refractivity contribution in [3.8, 4) is 0 Å². The van der Waals surface area contributed by atoms with Crippen LogP contribution in [0.15, 0.2) is 0 Å². The molecule has 0 radical (unpaired) electrons. The van der Waals surface area contributed by atoms with E-state index in [-0.39, 0.29) is 36.5 Å². The average Bonchev–Trinajstić information content (AvgIpc) is 2.86. The molecule has 3 aliphatic rings. The molecule has 3 rings (SSSR count). The van der Waals surface area contributed by atoms with Gasteiger partial charge in [0.1, 0.15) is 18.3 Å². The molecule has 8 heteroatoms. The highest BCUT2D eigenvalue weighted by atomic mass is 16.5. The third-order valence-electron chi connectivity index (χ3n) is 6.70. The molecule has 3 saturated heterocycles. The number of esters is 1. The SMILES string of the molecule is CN(C)CC(=O)N1CCC2(CC1)COC(=O)C1COC(CCCN2C)CCC1=O. The van der Waals surface area contributed by atoms with E-state index in [0.29, 0.717) is 32.5 Å². The van der Waals surface area contributed by atoms with Gasteiger partial charge in [0.2, 0.25) is 5.91 Å². The number of Topliss-reactive ketones (excluding diaryl/α,β-unsaturated/α-hetero) is 1. The fourth-order valence-corrected chi connectivity index (χ4v) is 4.59. The molecule has 8 nitrogen and oxygen atoms in total. The van der Waals surface area contributed by atoms with Crippen LogP contribution in [0.4, 0.5) is 0 Å². The van der Waals surface area contributed by atoms with Crippen LogP contribution in [0, 0.1) is 5.92 Å². The van der Waals surface area contributed by atoms with E-state index >= 15 is 0 Å². The summed E-state index contributed by atoms with van der Waals surface area (Å²) in [4.78, 5) is 43.5. The summed E-state index contributed by atoms with van der Waals surface area (Å²) in [6.45, 7) is 2.98. The molecule has 0 aromatic carbocycles. The number of fused-ring (bicyclic) bond motifs is 3. The van der Waals surface area contributed by atoms with Gasteiger partial charge >= 0.3 is 5.97 Å². The molecule has 1 spiro atoms. The number of nitrogens with zero attached hydrogens (tertiary/aromatic N) is 3. The van der Waals surface area contributed by atoms with Gasteiger partial charge in [0, 0.05) is 19.5 Å². The first-order chi connectivity index (χ1) is 13.8. The lowest BCUT2D eigenvalue weighted by Gasteiger charge is -2.47. The summed E-state index contributed by atoms with van der Waals surface area (Å²) in [6, 6.07) is 0. The quantitative estimate of drug-likeness (QED) is 0.487. The number of carbonyl (C=O) groups is 3. The van der Waals surface area contributed by atoms with Crippen LogP contribution in [0.25, 0.3) is 0 Å². The minimum atomic E-state index is -0.802. The Morgan fingerprint density at radius 1 is 1.17 bits per heavy atom. The molecule has 164 valence electrons. The molecule has 2 atom stereocenters. The van der Waals surface area contributed by atoms with Gasteiger partial charge in [-0.1, -0.05) is 0 Å². The number of likely N-dealkylation sites (N-methyl/N-ethyl adjacent to an activating group) is 2. The van der Waals surface area contributed by atoms with Crippen LogP contribution in [0.2, 0.25) is 0 Å². The van der Waals surface area contributed by atoms with Crippen molar-refractivity contribution in [1.29, 1.82) is 0 Å². The first-order valence-corrected chi connectivity index (χ1v) is 10.8. The van der Waals surface area contributed by atoms with Gasteiger partial charge < -0.3 is 19.3 Å². The first-order valence-electron chi connectivity index (χ1n) is 10.8. The minimum Gasteiger partial charge on any atom is -0.463 e. The van der Waals surface area contributed by atoms with Gasteiger partial charge in [0.05, 0.1) is 24.8 Å². The standard InChI is InChI=1S/C21H35N3O5/c1-22(2)13-19(26)24-11-8-21(9-12-24)15-29-20(27)17-14-28-16(6-7-18(17)25)5-4-10-23(21)3/h16-17H,4-15H2,1-3H3. The highest BCUT2D eigenvalue weighted by molar-refractivity contribution is 5.99. The fourth-order valence-electron chi connectivity index (χ4n) is 4.59. The largest absolute Gasteiger partial charge is 0.463 e. The molecule has 3 fully saturated rings. The van der Waals surface area contributed by atoms with Crippen LogP contribution in [-0.4, -0.2) is 105 Å². The third-order valence-corrected chi connectivity index (χ3v) is 6.70. The molecule has 29 heavy (non-hydrogen) atoms. The zero-order valence-corrected chi connectivity index (χ0v) is 18.0. The molecular formula is C21H35N3O5. The lowest BCUT2D eigenvalue weighted by molar-refractivity contribution is -0.160. The van der Waals surface area contributed by atoms with Crippen LogP contribution in [0.5, 0.6) is 0 Å². The summed E-state index contributed by atoms with van der Waals surface area (Å²) in [6.07, 6.45) is 4.48. The Hall–Kier alpha value is -1.51. The second-order valence-electron chi connectivity index (χ2n) is 9.03. The second kappa shape index (κ2) is 9.53. The molecule has 0 saturated carbocycles. The molecular weight excluding hydrogens is 374 g/mol. The van der Waals surface area contributed by atoms with Gasteiger partial charge in [0.25, 0.3) is 0 Å². The third kappa shape index (κ3) is 5.35. The van der Waals surface area contributed by atoms with E-state index in [9.17, 15) is 14.4 Å². The Morgan fingerprint density at radius 3 is 2.59 bits per heavy atom. The number of ketones is 1. The van der Waals surface area contributed by atoms with E-state index in [2.05, 4.69) is 11.9 Å². The summed E-state index contributed by atoms with van der Waals surface area (Å²) < 4.78 is 11.5. The molecule has 2 unspecified atom stereocenters. The minimum absolute atomic E-state index is 0.0334. The normalized spacial score (nSPS) is 29.3. The molecule has 0 aromatic heterocycles. The molecule has 0 aliphatic carbocycles. The van der Waals surface area contributed by atoms with Crippen molar-refractivity contribution < 1.29 is 23.9 Å². The van der Waals surface area contributed by atoms with E-state index < -0.39 is 11.9 Å². The van der Waals surface area contributed by atoms with Gasteiger partial charge in [0.15, 0.2) is 0 Å². The summed E-state index contributed by atoms with van der Waals surface area (Å²) in [7, 11) is 5.87. The average molecular weight is 410 g/mol. The van der Waals surface area contributed by atoms with Crippen molar-refractivity contribution in [2.75, 3.05) is 60.5 Å². The van der Waals surface area contributed by atoms with Crippen LogP contribution in [0.1, 0.15) is 38.5 Å². The summed E-state index contributed by atoms with van der Waals surface area (Å²) in [5.41, 5.74) is -0.290. The van der Waals surface area contributed by atoms with Crippen molar-refractivity contribution >= 4 is 17.7 Å². The Bertz CT molecular complexity index is 615. The smallest absolute Gasteiger partial charge is 0.318 e. The number of hydrogen-bond acceptors (Lipinski definition) is 7. The van der Waals surface area contributed by atoms with Crippen molar-refractivity contribution in [1.82, 2.24) is 14.7 Å². The lowest BCUT2D eigenvalue weighted by Crippen LogP contribution is -2.58. The van der Waals surface area contributed by atoms with Crippen molar-refractivity contribution in [3.63, 3.8) is 0 Å². The number of piperidine rings is 1. The number of cyclic esters (lactones) is 1. The molecule has 3 heterocycles. The number of likely N-dealkylation sites (tertiary alicyclic amines) is 1. The Kier molecular flexibility index (Phi) is 7.29. The number of rotatable bonds is 2. The lowest BCUT2D eigenvalue weighted by atomic mass is 9.86. The first kappa shape index (κ1) is 22.2.